The van der Waals surface area contributed by atoms with Gasteiger partial charge in [-0.3, -0.25) is 14.5 Å². The van der Waals surface area contributed by atoms with Gasteiger partial charge in [0, 0.05) is 12.1 Å². The van der Waals surface area contributed by atoms with E-state index < -0.39 is 41.7 Å². The molecule has 3 aromatic carbocycles. The van der Waals surface area contributed by atoms with Crippen LogP contribution in [0, 0.1) is 0 Å². The molecule has 0 aliphatic carbocycles. The molecule has 3 aliphatic heterocycles. The number of ether oxygens (including phenoxy) is 4. The fourth-order valence-electron chi connectivity index (χ4n) is 5.56. The highest BCUT2D eigenvalue weighted by Crippen LogP contribution is 2.38. The number of imide groups is 1. The number of cyclic esters (lactones) is 3. The molecule has 234 valence electrons. The minimum Gasteiger partial charge on any atom is -0.457 e. The Hall–Kier alpha value is -5.65. The van der Waals surface area contributed by atoms with Crippen molar-refractivity contribution in [2.45, 2.75) is 52.1 Å². The van der Waals surface area contributed by atoms with Crippen LogP contribution in [-0.4, -0.2) is 53.1 Å². The predicted molar refractivity (Wildman–Crippen MR) is 157 cm³/mol. The average Bonchev–Trinajstić information content (AvgIpc) is 3.65. The Labute approximate surface area is 262 Å². The van der Waals surface area contributed by atoms with Gasteiger partial charge in [-0.25, -0.2) is 24.0 Å². The lowest BCUT2D eigenvalue weighted by molar-refractivity contribution is 0.0440. The first-order chi connectivity index (χ1) is 22.2. The van der Waals surface area contributed by atoms with Crippen LogP contribution < -0.4 is 9.47 Å². The SMILES string of the molecule is CCCCCCCCN1C(=O)c2c(OC(=O)c3ccc4c(c3)COC4=O)ccc(OC(=O)c3ccc4c(c3)C(=O)OC4=O)c2C1=O. The van der Waals surface area contributed by atoms with E-state index in [0.29, 0.717) is 17.5 Å². The molecule has 2 amide bonds. The smallest absolute Gasteiger partial charge is 0.346 e. The summed E-state index contributed by atoms with van der Waals surface area (Å²) in [5.74, 6) is -5.94. The van der Waals surface area contributed by atoms with Gasteiger partial charge in [0.25, 0.3) is 11.8 Å². The lowest BCUT2D eigenvalue weighted by Crippen LogP contribution is -2.31. The molecule has 3 aliphatic rings. The van der Waals surface area contributed by atoms with E-state index in [1.165, 1.54) is 42.5 Å². The van der Waals surface area contributed by atoms with Gasteiger partial charge in [0.05, 0.1) is 38.9 Å². The van der Waals surface area contributed by atoms with Crippen LogP contribution in [0.1, 0.15) is 124 Å². The van der Waals surface area contributed by atoms with Crippen molar-refractivity contribution in [3.05, 3.63) is 93.0 Å². The summed E-state index contributed by atoms with van der Waals surface area (Å²) < 4.78 is 20.7. The molecular formula is C34H27NO11. The van der Waals surface area contributed by atoms with Crippen LogP contribution in [0.4, 0.5) is 0 Å². The average molecular weight is 626 g/mol. The molecule has 12 heteroatoms. The topological polar surface area (TPSA) is 160 Å². The fourth-order valence-corrected chi connectivity index (χ4v) is 5.56. The first-order valence-electron chi connectivity index (χ1n) is 14.9. The van der Waals surface area contributed by atoms with E-state index in [2.05, 4.69) is 11.7 Å². The Morgan fingerprint density at radius 1 is 0.674 bits per heavy atom. The van der Waals surface area contributed by atoms with Crippen molar-refractivity contribution in [1.82, 2.24) is 4.90 Å². The lowest BCUT2D eigenvalue weighted by Gasteiger charge is -2.13. The molecule has 12 nitrogen and oxygen atoms in total. The van der Waals surface area contributed by atoms with Crippen molar-refractivity contribution in [3.63, 3.8) is 0 Å². The second-order valence-corrected chi connectivity index (χ2v) is 11.0. The number of carbonyl (C=O) groups is 7. The van der Waals surface area contributed by atoms with Crippen LogP contribution in [0.3, 0.4) is 0 Å². The largest absolute Gasteiger partial charge is 0.457 e. The molecule has 0 fully saturated rings. The number of unbranched alkanes of at least 4 members (excludes halogenated alkanes) is 5. The van der Waals surface area contributed by atoms with Gasteiger partial charge in [-0.1, -0.05) is 39.0 Å². The number of benzene rings is 3. The van der Waals surface area contributed by atoms with Gasteiger partial charge >= 0.3 is 29.8 Å². The third kappa shape index (κ3) is 5.53. The predicted octanol–water partition coefficient (Wildman–Crippen LogP) is 5.06. The van der Waals surface area contributed by atoms with E-state index in [1.807, 2.05) is 0 Å². The molecule has 0 saturated carbocycles. The Bertz CT molecular complexity index is 1860. The zero-order valence-electron chi connectivity index (χ0n) is 24.7. The quantitative estimate of drug-likeness (QED) is 0.0921. The minimum atomic E-state index is -0.966. The van der Waals surface area contributed by atoms with Crippen LogP contribution in [0.15, 0.2) is 48.5 Å². The second kappa shape index (κ2) is 12.4. The summed E-state index contributed by atoms with van der Waals surface area (Å²) in [7, 11) is 0. The molecule has 0 spiro atoms. The van der Waals surface area contributed by atoms with E-state index in [1.54, 1.807) is 0 Å². The molecule has 0 N–H and O–H groups in total. The number of hydrogen-bond acceptors (Lipinski definition) is 11. The first kappa shape index (κ1) is 30.4. The van der Waals surface area contributed by atoms with Crippen LogP contribution in [0.2, 0.25) is 0 Å². The summed E-state index contributed by atoms with van der Waals surface area (Å²) >= 11 is 0. The van der Waals surface area contributed by atoms with Crippen LogP contribution >= 0.6 is 0 Å². The lowest BCUT2D eigenvalue weighted by atomic mass is 10.0. The number of nitrogens with zero attached hydrogens (tertiary/aromatic N) is 1. The van der Waals surface area contributed by atoms with Gasteiger partial charge in [0.1, 0.15) is 18.1 Å². The summed E-state index contributed by atoms with van der Waals surface area (Å²) in [6.45, 7) is 2.22. The summed E-state index contributed by atoms with van der Waals surface area (Å²) in [5, 5.41) is 0. The number of rotatable bonds is 11. The molecule has 0 atom stereocenters. The Kier molecular flexibility index (Phi) is 8.18. The fraction of sp³-hybridized carbons (Fsp3) is 0.265. The third-order valence-electron chi connectivity index (χ3n) is 7.99. The summed E-state index contributed by atoms with van der Waals surface area (Å²) in [6, 6.07) is 10.4. The number of fused-ring (bicyclic) bond motifs is 3. The minimum absolute atomic E-state index is 0.00205. The van der Waals surface area contributed by atoms with Crippen molar-refractivity contribution in [2.24, 2.45) is 0 Å². The van der Waals surface area contributed by atoms with E-state index >= 15 is 0 Å². The maximum absolute atomic E-state index is 13.6. The number of hydrogen-bond donors (Lipinski definition) is 0. The Morgan fingerprint density at radius 2 is 1.24 bits per heavy atom. The van der Waals surface area contributed by atoms with Gasteiger partial charge in [0.15, 0.2) is 0 Å². The van der Waals surface area contributed by atoms with Crippen molar-refractivity contribution in [2.75, 3.05) is 6.54 Å². The van der Waals surface area contributed by atoms with Crippen molar-refractivity contribution in [1.29, 1.82) is 0 Å². The number of amides is 2. The van der Waals surface area contributed by atoms with Crippen LogP contribution in [-0.2, 0) is 16.1 Å². The molecule has 0 aromatic heterocycles. The van der Waals surface area contributed by atoms with Gasteiger partial charge in [-0.2, -0.15) is 0 Å². The van der Waals surface area contributed by atoms with Crippen molar-refractivity contribution < 1.29 is 52.5 Å². The van der Waals surface area contributed by atoms with E-state index in [0.717, 1.165) is 43.1 Å². The molecule has 6 rings (SSSR count). The number of esters is 5. The molecule has 0 bridgehead atoms. The van der Waals surface area contributed by atoms with E-state index in [4.69, 9.17) is 14.2 Å². The molecule has 3 aromatic rings. The van der Waals surface area contributed by atoms with Gasteiger partial charge in [-0.15, -0.1) is 0 Å². The van der Waals surface area contributed by atoms with Crippen LogP contribution in [0.25, 0.3) is 0 Å². The summed E-state index contributed by atoms with van der Waals surface area (Å²) in [6.07, 6.45) is 5.50. The zero-order valence-corrected chi connectivity index (χ0v) is 24.7. The maximum Gasteiger partial charge on any atom is 0.346 e. The second-order valence-electron chi connectivity index (χ2n) is 11.0. The molecule has 3 heterocycles. The molecule has 46 heavy (non-hydrogen) atoms. The van der Waals surface area contributed by atoms with Crippen molar-refractivity contribution in [3.8, 4) is 11.5 Å². The molecule has 0 saturated heterocycles. The first-order valence-corrected chi connectivity index (χ1v) is 14.9. The summed E-state index contributed by atoms with van der Waals surface area (Å²) in [4.78, 5) is 90.2. The summed E-state index contributed by atoms with van der Waals surface area (Å²) in [5.41, 5.74) is 0.239. The van der Waals surface area contributed by atoms with E-state index in [9.17, 15) is 33.6 Å². The highest BCUT2D eigenvalue weighted by molar-refractivity contribution is 6.24. The Balaban J connectivity index is 1.28. The van der Waals surface area contributed by atoms with Gasteiger partial charge < -0.3 is 18.9 Å². The molecular weight excluding hydrogens is 598 g/mol. The maximum atomic E-state index is 13.6. The van der Waals surface area contributed by atoms with E-state index in [-0.39, 0.29) is 58.0 Å². The third-order valence-corrected chi connectivity index (χ3v) is 7.99. The highest BCUT2D eigenvalue weighted by atomic mass is 16.6. The van der Waals surface area contributed by atoms with Gasteiger partial charge in [0.2, 0.25) is 0 Å². The molecule has 0 unspecified atom stereocenters. The Morgan fingerprint density at radius 3 is 1.89 bits per heavy atom. The van der Waals surface area contributed by atoms with Crippen molar-refractivity contribution >= 4 is 41.7 Å². The molecule has 0 radical (unpaired) electrons. The monoisotopic (exact) mass is 625 g/mol. The normalized spacial score (nSPS) is 14.5. The number of carbonyl (C=O) groups excluding carboxylic acids is 7. The standard InChI is InChI=1S/C34H27NO11/c1-2-3-4-5-6-7-14-35-28(36)26-24(44-30(38)18-8-10-21-20(15-18)17-43-32(21)40)12-13-25(27(26)29(35)37)45-31(39)19-9-11-22-23(16-19)34(42)46-33(22)41/h8-13,15-16H,2-7,14,17H2,1H3. The van der Waals surface area contributed by atoms with Gasteiger partial charge in [-0.05, 0) is 55.0 Å². The van der Waals surface area contributed by atoms with Crippen LogP contribution in [0.5, 0.6) is 11.5 Å². The zero-order chi connectivity index (χ0) is 32.5. The highest BCUT2D eigenvalue weighted by Gasteiger charge is 2.42.